The maximum atomic E-state index is 13.1. The maximum Gasteiger partial charge on any atom is 0.416 e. The number of aliphatic hydroxyl groups excluding tert-OH is 1. The number of hydrogen-bond acceptors (Lipinski definition) is 5. The molecule has 5 rings (SSSR count). The number of aliphatic hydroxyl groups is 1. The molecule has 0 aliphatic carbocycles. The van der Waals surface area contributed by atoms with Crippen LogP contribution in [0.25, 0.3) is 27.8 Å². The second-order valence-corrected chi connectivity index (χ2v) is 8.27. The van der Waals surface area contributed by atoms with Gasteiger partial charge in [-0.05, 0) is 61.0 Å². The first kappa shape index (κ1) is 23.5. The van der Waals surface area contributed by atoms with E-state index in [9.17, 15) is 23.1 Å². The minimum Gasteiger partial charge on any atom is -0.396 e. The molecular weight excluding hydrogens is 473 g/mol. The number of benzene rings is 2. The molecule has 0 saturated heterocycles. The first-order chi connectivity index (χ1) is 17.3. The smallest absolute Gasteiger partial charge is 0.396 e. The van der Waals surface area contributed by atoms with E-state index in [0.29, 0.717) is 45.4 Å². The molecule has 5 aromatic rings. The van der Waals surface area contributed by atoms with E-state index < -0.39 is 17.8 Å². The molecule has 0 bridgehead atoms. The normalized spacial score (nSPS) is 12.8. The van der Waals surface area contributed by atoms with Crippen LogP contribution in [0.2, 0.25) is 0 Å². The van der Waals surface area contributed by atoms with Crippen LogP contribution in [0, 0.1) is 0 Å². The van der Waals surface area contributed by atoms with Gasteiger partial charge in [0.15, 0.2) is 5.65 Å². The highest BCUT2D eigenvalue weighted by Gasteiger charge is 2.30. The molecular formula is C25H21F3N6O2. The van der Waals surface area contributed by atoms with Crippen LogP contribution in [-0.2, 0) is 13.2 Å². The molecule has 0 spiro atoms. The average Bonchev–Trinajstić information content (AvgIpc) is 3.38. The number of amides is 1. The lowest BCUT2D eigenvalue weighted by atomic mass is 10.1. The summed E-state index contributed by atoms with van der Waals surface area (Å²) in [6.07, 6.45) is -2.53. The number of rotatable bonds is 6. The van der Waals surface area contributed by atoms with Crippen LogP contribution >= 0.6 is 0 Å². The zero-order valence-corrected chi connectivity index (χ0v) is 19.1. The first-order valence-electron chi connectivity index (χ1n) is 11.1. The Balaban J connectivity index is 1.55. The number of carbonyl (C=O) groups excluding carboxylic acids is 1. The van der Waals surface area contributed by atoms with Gasteiger partial charge in [-0.3, -0.25) is 14.3 Å². The van der Waals surface area contributed by atoms with Crippen LogP contribution < -0.4 is 5.32 Å². The van der Waals surface area contributed by atoms with Gasteiger partial charge in [0, 0.05) is 36.5 Å². The van der Waals surface area contributed by atoms with Gasteiger partial charge in [0.25, 0.3) is 5.91 Å². The lowest BCUT2D eigenvalue weighted by molar-refractivity contribution is -0.137. The molecule has 2 aromatic carbocycles. The molecule has 8 nitrogen and oxygen atoms in total. The third-order valence-electron chi connectivity index (χ3n) is 5.88. The van der Waals surface area contributed by atoms with Gasteiger partial charge in [-0.1, -0.05) is 6.07 Å². The molecule has 0 aliphatic rings. The van der Waals surface area contributed by atoms with Crippen molar-refractivity contribution in [3.8, 4) is 5.69 Å². The minimum absolute atomic E-state index is 0.128. The van der Waals surface area contributed by atoms with E-state index in [2.05, 4.69) is 20.5 Å². The summed E-state index contributed by atoms with van der Waals surface area (Å²) >= 11 is 0. The van der Waals surface area contributed by atoms with Crippen LogP contribution in [0.3, 0.4) is 0 Å². The SMILES string of the molecule is Cn1nc2c3cc(C(=O)N[C@H](CCO)c4ccccn4)ccc3n(-c3ccc(C(F)(F)F)cc3)c2n1. The quantitative estimate of drug-likeness (QED) is 0.369. The Morgan fingerprint density at radius 3 is 2.53 bits per heavy atom. The van der Waals surface area contributed by atoms with E-state index in [-0.39, 0.29) is 12.5 Å². The van der Waals surface area contributed by atoms with E-state index in [1.165, 1.54) is 16.9 Å². The van der Waals surface area contributed by atoms with E-state index in [0.717, 1.165) is 12.1 Å². The largest absolute Gasteiger partial charge is 0.416 e. The molecule has 0 saturated carbocycles. The molecule has 0 fully saturated rings. The number of hydrogen-bond donors (Lipinski definition) is 2. The van der Waals surface area contributed by atoms with Gasteiger partial charge in [-0.2, -0.15) is 23.1 Å². The number of nitrogens with one attached hydrogen (secondary N) is 1. The van der Waals surface area contributed by atoms with Crippen molar-refractivity contribution in [1.29, 1.82) is 0 Å². The molecule has 11 heteroatoms. The summed E-state index contributed by atoms with van der Waals surface area (Å²) in [4.78, 5) is 18.8. The highest BCUT2D eigenvalue weighted by molar-refractivity contribution is 6.08. The summed E-state index contributed by atoms with van der Waals surface area (Å²) in [7, 11) is 1.64. The fraction of sp³-hybridized carbons (Fsp3) is 0.200. The monoisotopic (exact) mass is 494 g/mol. The van der Waals surface area contributed by atoms with Crippen LogP contribution in [0.4, 0.5) is 13.2 Å². The van der Waals surface area contributed by atoms with Crippen molar-refractivity contribution >= 4 is 28.0 Å². The van der Waals surface area contributed by atoms with E-state index in [1.54, 1.807) is 54.2 Å². The predicted octanol–water partition coefficient (Wildman–Crippen LogP) is 4.18. The van der Waals surface area contributed by atoms with E-state index in [1.807, 2.05) is 0 Å². The second-order valence-electron chi connectivity index (χ2n) is 8.27. The summed E-state index contributed by atoms with van der Waals surface area (Å²) in [6.45, 7) is -0.128. The minimum atomic E-state index is -4.44. The molecule has 3 aromatic heterocycles. The topological polar surface area (TPSA) is 97.9 Å². The Morgan fingerprint density at radius 1 is 1.08 bits per heavy atom. The highest BCUT2D eigenvalue weighted by atomic mass is 19.4. The van der Waals surface area contributed by atoms with Crippen LogP contribution in [0.15, 0.2) is 66.9 Å². The number of carbonyl (C=O) groups is 1. The lowest BCUT2D eigenvalue weighted by Gasteiger charge is -2.17. The van der Waals surface area contributed by atoms with Crippen molar-refractivity contribution in [3.05, 3.63) is 83.7 Å². The molecule has 0 aliphatic heterocycles. The summed E-state index contributed by atoms with van der Waals surface area (Å²) in [5, 5.41) is 21.8. The molecule has 1 atom stereocenters. The summed E-state index contributed by atoms with van der Waals surface area (Å²) in [5.74, 6) is -0.361. The first-order valence-corrected chi connectivity index (χ1v) is 11.1. The van der Waals surface area contributed by atoms with Crippen molar-refractivity contribution in [2.24, 2.45) is 7.05 Å². The van der Waals surface area contributed by atoms with E-state index >= 15 is 0 Å². The van der Waals surface area contributed by atoms with E-state index in [4.69, 9.17) is 0 Å². The number of nitrogens with zero attached hydrogens (tertiary/aromatic N) is 5. The Bertz CT molecular complexity index is 1540. The van der Waals surface area contributed by atoms with Crippen molar-refractivity contribution in [1.82, 2.24) is 29.9 Å². The van der Waals surface area contributed by atoms with Gasteiger partial charge in [0.2, 0.25) is 0 Å². The molecule has 0 radical (unpaired) electrons. The summed E-state index contributed by atoms with van der Waals surface area (Å²) in [6, 6.07) is 14.7. The fourth-order valence-electron chi connectivity index (χ4n) is 4.20. The molecule has 2 N–H and O–H groups in total. The number of halogens is 3. The van der Waals surface area contributed by atoms with Crippen LogP contribution in [0.5, 0.6) is 0 Å². The number of pyridine rings is 1. The van der Waals surface area contributed by atoms with Gasteiger partial charge >= 0.3 is 6.18 Å². The van der Waals surface area contributed by atoms with Gasteiger partial charge in [-0.15, -0.1) is 5.10 Å². The lowest BCUT2D eigenvalue weighted by Crippen LogP contribution is -2.29. The molecule has 0 unspecified atom stereocenters. The van der Waals surface area contributed by atoms with Crippen molar-refractivity contribution in [2.75, 3.05) is 6.61 Å². The zero-order valence-electron chi connectivity index (χ0n) is 19.1. The highest BCUT2D eigenvalue weighted by Crippen LogP contribution is 2.33. The fourth-order valence-corrected chi connectivity index (χ4v) is 4.20. The molecule has 3 heterocycles. The van der Waals surface area contributed by atoms with Gasteiger partial charge in [0.05, 0.1) is 22.8 Å². The third kappa shape index (κ3) is 4.29. The molecule has 36 heavy (non-hydrogen) atoms. The third-order valence-corrected chi connectivity index (χ3v) is 5.88. The Hall–Kier alpha value is -4.25. The van der Waals surface area contributed by atoms with Gasteiger partial charge < -0.3 is 10.4 Å². The van der Waals surface area contributed by atoms with Crippen LogP contribution in [0.1, 0.15) is 34.1 Å². The number of aromatic nitrogens is 5. The van der Waals surface area contributed by atoms with Crippen molar-refractivity contribution in [3.63, 3.8) is 0 Å². The van der Waals surface area contributed by atoms with Crippen molar-refractivity contribution in [2.45, 2.75) is 18.6 Å². The molecule has 184 valence electrons. The van der Waals surface area contributed by atoms with Crippen LogP contribution in [-0.4, -0.2) is 42.2 Å². The predicted molar refractivity (Wildman–Crippen MR) is 126 cm³/mol. The maximum absolute atomic E-state index is 13.1. The molecule has 1 amide bonds. The zero-order chi connectivity index (χ0) is 25.4. The number of aryl methyl sites for hydroxylation is 1. The van der Waals surface area contributed by atoms with Gasteiger partial charge in [-0.25, -0.2) is 0 Å². The Labute approximate surface area is 203 Å². The Kier molecular flexibility index (Phi) is 5.92. The standard InChI is InChI=1S/C25H21F3N6O2/c1-33-31-22-18-14-15(24(36)30-20(11-13-35)19-4-2-3-12-29-19)5-10-21(18)34(23(22)32-33)17-8-6-16(7-9-17)25(26,27)28/h2-10,12,14,20,35H,11,13H2,1H3,(H,30,36)/t20-/m1/s1. The summed E-state index contributed by atoms with van der Waals surface area (Å²) in [5.41, 5.74) is 2.34. The van der Waals surface area contributed by atoms with Gasteiger partial charge in [0.1, 0.15) is 5.52 Å². The summed E-state index contributed by atoms with van der Waals surface area (Å²) < 4.78 is 40.9. The second kappa shape index (κ2) is 9.08. The Morgan fingerprint density at radius 2 is 1.86 bits per heavy atom. The number of fused-ring (bicyclic) bond motifs is 3. The number of alkyl halides is 3. The average molecular weight is 494 g/mol. The van der Waals surface area contributed by atoms with Crippen molar-refractivity contribution < 1.29 is 23.1 Å².